The van der Waals surface area contributed by atoms with E-state index in [1.54, 1.807) is 0 Å². The van der Waals surface area contributed by atoms with E-state index >= 15 is 0 Å². The first-order valence-corrected chi connectivity index (χ1v) is 12.4. The number of aromatic hydroxyl groups is 1. The van der Waals surface area contributed by atoms with E-state index < -0.39 is 8.07 Å². The predicted molar refractivity (Wildman–Crippen MR) is 121 cm³/mol. The number of halogens is 1. The second-order valence-electron chi connectivity index (χ2n) is 8.14. The molecule has 0 radical (unpaired) electrons. The average molecular weight is 419 g/mol. The number of hydrogen-bond donors (Lipinski definition) is 1. The van der Waals surface area contributed by atoms with E-state index in [1.165, 1.54) is 7.11 Å². The fourth-order valence-electron chi connectivity index (χ4n) is 4.33. The molecule has 0 fully saturated rings. The number of methoxy groups -OCH3 is 1. The van der Waals surface area contributed by atoms with Gasteiger partial charge >= 0.3 is 0 Å². The van der Waals surface area contributed by atoms with Crippen molar-refractivity contribution in [1.29, 1.82) is 0 Å². The van der Waals surface area contributed by atoms with Gasteiger partial charge in [-0.25, -0.2) is 0 Å². The van der Waals surface area contributed by atoms with Gasteiger partial charge in [-0.1, -0.05) is 71.2 Å². The summed E-state index contributed by atoms with van der Waals surface area (Å²) < 4.78 is 10.4. The molecule has 2 rings (SSSR count). The molecule has 3 nitrogen and oxygen atoms in total. The van der Waals surface area contributed by atoms with Crippen LogP contribution in [0.1, 0.15) is 47.1 Å². The zero-order valence-electron chi connectivity index (χ0n) is 17.9. The largest absolute Gasteiger partial charge is 0.506 e. The highest BCUT2D eigenvalue weighted by molar-refractivity contribution is 6.90. The molecule has 0 aliphatic heterocycles. The number of phenolic OH excluding ortho intramolecular Hbond substituents is 1. The topological polar surface area (TPSA) is 38.7 Å². The lowest BCUT2D eigenvalue weighted by atomic mass is 10.0. The summed E-state index contributed by atoms with van der Waals surface area (Å²) in [6.45, 7) is 13.8. The maximum atomic E-state index is 10.8. The quantitative estimate of drug-likeness (QED) is 0.320. The van der Waals surface area contributed by atoms with Crippen molar-refractivity contribution < 1.29 is 14.6 Å². The third-order valence-electron chi connectivity index (χ3n) is 5.66. The first-order valence-electron chi connectivity index (χ1n) is 9.75. The molecule has 0 heterocycles. The minimum absolute atomic E-state index is 0.000997. The lowest BCUT2D eigenvalue weighted by molar-refractivity contribution is 0.0512. The van der Waals surface area contributed by atoms with Crippen molar-refractivity contribution in [2.75, 3.05) is 13.9 Å². The van der Waals surface area contributed by atoms with Crippen molar-refractivity contribution in [2.45, 2.75) is 58.2 Å². The van der Waals surface area contributed by atoms with Gasteiger partial charge in [0.15, 0.2) is 6.79 Å². The number of phenols is 1. The Bertz CT molecular complexity index is 872. The Morgan fingerprint density at radius 1 is 1.07 bits per heavy atom. The van der Waals surface area contributed by atoms with Gasteiger partial charge in [-0.3, -0.25) is 0 Å². The molecule has 2 aromatic carbocycles. The summed E-state index contributed by atoms with van der Waals surface area (Å²) in [5.74, 6) is 3.83. The van der Waals surface area contributed by atoms with Crippen LogP contribution in [0, 0.1) is 11.5 Å². The third kappa shape index (κ3) is 4.17. The summed E-state index contributed by atoms with van der Waals surface area (Å²) >= 11 is 6.35. The molecule has 0 saturated heterocycles. The molecule has 28 heavy (non-hydrogen) atoms. The highest BCUT2D eigenvalue weighted by atomic mass is 35.5. The molecule has 0 unspecified atom stereocenters. The second kappa shape index (κ2) is 9.22. The minimum Gasteiger partial charge on any atom is -0.506 e. The Balaban J connectivity index is 2.67. The highest BCUT2D eigenvalue weighted by Crippen LogP contribution is 2.43. The molecule has 5 heteroatoms. The Hall–Kier alpha value is -1.67. The standard InChI is InChI=1S/C23H31ClO3Si/c1-15(2)28(16(3)4,17(5)6)12-11-18-9-8-10-19-13-20(27-14-26-7)22(24)23(25)21(18)19/h8-10,13,15-17,25H,14H2,1-7H3. The third-order valence-corrected chi connectivity index (χ3v) is 12.3. The normalized spacial score (nSPS) is 12.0. The molecule has 0 bridgehead atoms. The summed E-state index contributed by atoms with van der Waals surface area (Å²) in [6, 6.07) is 7.64. The molecule has 2 aromatic rings. The van der Waals surface area contributed by atoms with Crippen LogP contribution < -0.4 is 4.74 Å². The fourth-order valence-corrected chi connectivity index (χ4v) is 9.75. The van der Waals surface area contributed by atoms with Crippen LogP contribution in [0.15, 0.2) is 24.3 Å². The Kier molecular flexibility index (Phi) is 7.44. The molecule has 0 aromatic heterocycles. The van der Waals surface area contributed by atoms with Gasteiger partial charge in [0.2, 0.25) is 0 Å². The smallest absolute Gasteiger partial charge is 0.188 e. The zero-order chi connectivity index (χ0) is 21.1. The van der Waals surface area contributed by atoms with Gasteiger partial charge in [-0.05, 0) is 34.1 Å². The van der Waals surface area contributed by atoms with Crippen LogP contribution >= 0.6 is 11.6 Å². The van der Waals surface area contributed by atoms with Gasteiger partial charge in [0.1, 0.15) is 24.6 Å². The van der Waals surface area contributed by atoms with Crippen molar-refractivity contribution in [2.24, 2.45) is 0 Å². The summed E-state index contributed by atoms with van der Waals surface area (Å²) in [5.41, 5.74) is 6.15. The molecule has 152 valence electrons. The molecule has 0 aliphatic carbocycles. The second-order valence-corrected chi connectivity index (χ2v) is 14.1. The van der Waals surface area contributed by atoms with E-state index in [-0.39, 0.29) is 17.6 Å². The van der Waals surface area contributed by atoms with Crippen LogP contribution in [0.3, 0.4) is 0 Å². The summed E-state index contributed by atoms with van der Waals surface area (Å²) in [5, 5.41) is 12.5. The zero-order valence-corrected chi connectivity index (χ0v) is 19.6. The van der Waals surface area contributed by atoms with E-state index in [4.69, 9.17) is 21.1 Å². The number of benzene rings is 2. The van der Waals surface area contributed by atoms with Gasteiger partial charge in [0, 0.05) is 18.1 Å². The lowest BCUT2D eigenvalue weighted by Gasteiger charge is -2.38. The van der Waals surface area contributed by atoms with Crippen LogP contribution in [0.4, 0.5) is 0 Å². The van der Waals surface area contributed by atoms with Gasteiger partial charge in [-0.2, -0.15) is 0 Å². The number of fused-ring (bicyclic) bond motifs is 1. The van der Waals surface area contributed by atoms with Crippen molar-refractivity contribution >= 4 is 30.4 Å². The minimum atomic E-state index is -1.87. The van der Waals surface area contributed by atoms with Crippen LogP contribution in [0.5, 0.6) is 11.5 Å². The lowest BCUT2D eigenvalue weighted by Crippen LogP contribution is -2.43. The van der Waals surface area contributed by atoms with E-state index in [9.17, 15) is 5.11 Å². The Morgan fingerprint density at radius 2 is 1.68 bits per heavy atom. The maximum Gasteiger partial charge on any atom is 0.188 e. The van der Waals surface area contributed by atoms with E-state index in [1.807, 2.05) is 24.3 Å². The number of rotatable bonds is 6. The van der Waals surface area contributed by atoms with Gasteiger partial charge in [-0.15, -0.1) is 5.54 Å². The van der Waals surface area contributed by atoms with E-state index in [0.717, 1.165) is 10.9 Å². The average Bonchev–Trinajstić information content (AvgIpc) is 2.63. The van der Waals surface area contributed by atoms with Crippen LogP contribution in [0.2, 0.25) is 21.6 Å². The monoisotopic (exact) mass is 418 g/mol. The molecular weight excluding hydrogens is 388 g/mol. The summed E-state index contributed by atoms with van der Waals surface area (Å²) in [4.78, 5) is 0. The number of ether oxygens (including phenoxy) is 2. The van der Waals surface area contributed by atoms with Crippen molar-refractivity contribution in [1.82, 2.24) is 0 Å². The van der Waals surface area contributed by atoms with Gasteiger partial charge < -0.3 is 14.6 Å². The summed E-state index contributed by atoms with van der Waals surface area (Å²) in [6.07, 6.45) is 0. The van der Waals surface area contributed by atoms with E-state index in [2.05, 4.69) is 53.0 Å². The van der Waals surface area contributed by atoms with Gasteiger partial charge in [0.25, 0.3) is 0 Å². The first kappa shape index (κ1) is 22.6. The predicted octanol–water partition coefficient (Wildman–Crippen LogP) is 6.75. The Morgan fingerprint density at radius 3 is 2.21 bits per heavy atom. The van der Waals surface area contributed by atoms with Gasteiger partial charge in [0.05, 0.1) is 0 Å². The molecule has 0 spiro atoms. The van der Waals surface area contributed by atoms with Crippen LogP contribution in [0.25, 0.3) is 10.8 Å². The number of hydrogen-bond acceptors (Lipinski definition) is 3. The molecule has 0 amide bonds. The molecule has 1 N–H and O–H groups in total. The van der Waals surface area contributed by atoms with Crippen molar-refractivity contribution in [3.8, 4) is 23.0 Å². The molecule has 0 atom stereocenters. The van der Waals surface area contributed by atoms with Crippen LogP contribution in [-0.4, -0.2) is 27.1 Å². The van der Waals surface area contributed by atoms with E-state index in [0.29, 0.717) is 27.8 Å². The maximum absolute atomic E-state index is 10.8. The van der Waals surface area contributed by atoms with Crippen molar-refractivity contribution in [3.05, 3.63) is 34.9 Å². The first-order chi connectivity index (χ1) is 13.2. The SMILES string of the molecule is COCOc1cc2cccc(C#C[Si](C(C)C)(C(C)C)C(C)C)c2c(O)c1Cl. The fraction of sp³-hybridized carbons (Fsp3) is 0.478. The van der Waals surface area contributed by atoms with Crippen molar-refractivity contribution in [3.63, 3.8) is 0 Å². The highest BCUT2D eigenvalue weighted by Gasteiger charge is 2.41. The molecule has 0 aliphatic rings. The molecule has 0 saturated carbocycles. The molecular formula is C23H31ClO3Si. The Labute approximate surface area is 175 Å². The van der Waals surface area contributed by atoms with Crippen LogP contribution in [-0.2, 0) is 4.74 Å². The summed E-state index contributed by atoms with van der Waals surface area (Å²) in [7, 11) is -0.336.